The minimum absolute atomic E-state index is 0.108. The van der Waals surface area contributed by atoms with Crippen LogP contribution >= 0.6 is 34.4 Å². The van der Waals surface area contributed by atoms with Crippen molar-refractivity contribution < 1.29 is 9.59 Å². The maximum absolute atomic E-state index is 12.0. The van der Waals surface area contributed by atoms with Crippen molar-refractivity contribution in [1.29, 1.82) is 0 Å². The standard InChI is InChI=1S/C17H17N5O2S3/c1-11-9-25-15(18-11)20-14(24)10-26-17-22-21-16(27-17)19-13(23)8-7-12-5-3-2-4-6-12/h2-6,9H,7-8,10H2,1H3,(H,18,20,24)(H,19,21,23). The number of thioether (sulfide) groups is 1. The van der Waals surface area contributed by atoms with E-state index in [-0.39, 0.29) is 17.6 Å². The zero-order chi connectivity index (χ0) is 19.1. The molecule has 3 rings (SSSR count). The van der Waals surface area contributed by atoms with E-state index in [9.17, 15) is 9.59 Å². The Hall–Kier alpha value is -2.30. The lowest BCUT2D eigenvalue weighted by Crippen LogP contribution is -2.13. The summed E-state index contributed by atoms with van der Waals surface area (Å²) in [4.78, 5) is 28.1. The molecule has 0 atom stereocenters. The van der Waals surface area contributed by atoms with E-state index >= 15 is 0 Å². The van der Waals surface area contributed by atoms with Gasteiger partial charge in [-0.05, 0) is 18.9 Å². The predicted molar refractivity (Wildman–Crippen MR) is 110 cm³/mol. The minimum atomic E-state index is -0.155. The Bertz CT molecular complexity index is 910. The summed E-state index contributed by atoms with van der Waals surface area (Å²) < 4.78 is 0.624. The van der Waals surface area contributed by atoms with Gasteiger partial charge in [-0.2, -0.15) is 0 Å². The SMILES string of the molecule is Cc1csc(NC(=O)CSc2nnc(NC(=O)CCc3ccccc3)s2)n1. The van der Waals surface area contributed by atoms with E-state index in [0.29, 0.717) is 27.4 Å². The van der Waals surface area contributed by atoms with Gasteiger partial charge in [0.25, 0.3) is 0 Å². The maximum Gasteiger partial charge on any atom is 0.236 e. The summed E-state index contributed by atoms with van der Waals surface area (Å²) in [7, 11) is 0. The minimum Gasteiger partial charge on any atom is -0.301 e. The highest BCUT2D eigenvalue weighted by atomic mass is 32.2. The molecule has 2 amide bonds. The molecular weight excluding hydrogens is 402 g/mol. The molecule has 0 fully saturated rings. The van der Waals surface area contributed by atoms with Crippen LogP contribution < -0.4 is 10.6 Å². The highest BCUT2D eigenvalue weighted by molar-refractivity contribution is 8.01. The highest BCUT2D eigenvalue weighted by Gasteiger charge is 2.11. The van der Waals surface area contributed by atoms with Crippen molar-refractivity contribution in [3.8, 4) is 0 Å². The fraction of sp³-hybridized carbons (Fsp3) is 0.235. The van der Waals surface area contributed by atoms with Gasteiger partial charge in [-0.25, -0.2) is 4.98 Å². The second-order valence-electron chi connectivity index (χ2n) is 5.54. The first-order valence-corrected chi connectivity index (χ1v) is 10.8. The number of benzene rings is 1. The lowest BCUT2D eigenvalue weighted by atomic mass is 10.1. The Morgan fingerprint density at radius 1 is 1.07 bits per heavy atom. The van der Waals surface area contributed by atoms with Gasteiger partial charge in [-0.1, -0.05) is 53.4 Å². The van der Waals surface area contributed by atoms with Crippen molar-refractivity contribution in [1.82, 2.24) is 15.2 Å². The second-order valence-corrected chi connectivity index (χ2v) is 8.60. The van der Waals surface area contributed by atoms with Crippen LogP contribution in [-0.4, -0.2) is 32.7 Å². The Morgan fingerprint density at radius 2 is 1.85 bits per heavy atom. The first-order chi connectivity index (χ1) is 13.1. The van der Waals surface area contributed by atoms with Crippen LogP contribution in [0.4, 0.5) is 10.3 Å². The summed E-state index contributed by atoms with van der Waals surface area (Å²) in [6.07, 6.45) is 1.05. The molecule has 1 aromatic carbocycles. The molecule has 27 heavy (non-hydrogen) atoms. The lowest BCUT2D eigenvalue weighted by Gasteiger charge is -2.01. The average molecular weight is 420 g/mol. The molecule has 2 aromatic heterocycles. The van der Waals surface area contributed by atoms with Crippen molar-refractivity contribution >= 4 is 56.5 Å². The third-order valence-corrected chi connectivity index (χ3v) is 6.18. The summed E-state index contributed by atoms with van der Waals surface area (Å²) in [6, 6.07) is 9.83. The Labute approximate surface area is 168 Å². The molecule has 2 heterocycles. The third-order valence-electron chi connectivity index (χ3n) is 3.33. The van der Waals surface area contributed by atoms with Crippen molar-refractivity contribution in [2.45, 2.75) is 24.1 Å². The van der Waals surface area contributed by atoms with Crippen LogP contribution in [0.25, 0.3) is 0 Å². The van der Waals surface area contributed by atoms with E-state index in [0.717, 1.165) is 11.3 Å². The van der Waals surface area contributed by atoms with E-state index in [1.165, 1.54) is 34.4 Å². The molecule has 0 bridgehead atoms. The molecule has 10 heteroatoms. The van der Waals surface area contributed by atoms with E-state index in [4.69, 9.17) is 0 Å². The van der Waals surface area contributed by atoms with Crippen molar-refractivity contribution in [2.75, 3.05) is 16.4 Å². The number of nitrogens with zero attached hydrogens (tertiary/aromatic N) is 3. The molecule has 2 N–H and O–H groups in total. The molecule has 0 spiro atoms. The molecule has 140 valence electrons. The predicted octanol–water partition coefficient (Wildman–Crippen LogP) is 3.61. The molecule has 0 saturated heterocycles. The normalized spacial score (nSPS) is 10.6. The highest BCUT2D eigenvalue weighted by Crippen LogP contribution is 2.26. The Morgan fingerprint density at radius 3 is 2.59 bits per heavy atom. The summed E-state index contributed by atoms with van der Waals surface area (Å²) in [5, 5.41) is 16.3. The fourth-order valence-corrected chi connectivity index (χ4v) is 4.37. The molecule has 7 nitrogen and oxygen atoms in total. The number of thiazole rings is 1. The zero-order valence-electron chi connectivity index (χ0n) is 14.5. The molecular formula is C17H17N5O2S3. The van der Waals surface area contributed by atoms with Crippen LogP contribution in [0.15, 0.2) is 40.1 Å². The van der Waals surface area contributed by atoms with E-state index in [2.05, 4.69) is 25.8 Å². The van der Waals surface area contributed by atoms with Crippen molar-refractivity contribution in [2.24, 2.45) is 0 Å². The number of anilines is 2. The zero-order valence-corrected chi connectivity index (χ0v) is 16.9. The van der Waals surface area contributed by atoms with Gasteiger partial charge in [0.1, 0.15) is 0 Å². The Kier molecular flexibility index (Phi) is 6.91. The van der Waals surface area contributed by atoms with Gasteiger partial charge in [0.05, 0.1) is 11.4 Å². The number of amides is 2. The van der Waals surface area contributed by atoms with E-state index in [1.807, 2.05) is 42.6 Å². The van der Waals surface area contributed by atoms with E-state index in [1.54, 1.807) is 0 Å². The van der Waals surface area contributed by atoms with Gasteiger partial charge in [0.2, 0.25) is 16.9 Å². The first-order valence-electron chi connectivity index (χ1n) is 8.10. The molecule has 0 aliphatic heterocycles. The molecule has 0 saturated carbocycles. The van der Waals surface area contributed by atoms with Crippen molar-refractivity contribution in [3.05, 3.63) is 47.0 Å². The average Bonchev–Trinajstić information content (AvgIpc) is 3.28. The summed E-state index contributed by atoms with van der Waals surface area (Å²) in [5.41, 5.74) is 1.99. The number of carbonyl (C=O) groups is 2. The van der Waals surface area contributed by atoms with Gasteiger partial charge in [0.15, 0.2) is 9.47 Å². The molecule has 0 unspecified atom stereocenters. The van der Waals surface area contributed by atoms with Crippen LogP contribution in [0.5, 0.6) is 0 Å². The molecule has 0 aliphatic rings. The topological polar surface area (TPSA) is 96.9 Å². The van der Waals surface area contributed by atoms with Crippen LogP contribution in [0.2, 0.25) is 0 Å². The smallest absolute Gasteiger partial charge is 0.236 e. The number of hydrogen-bond donors (Lipinski definition) is 2. The molecule has 0 radical (unpaired) electrons. The number of aryl methyl sites for hydroxylation is 2. The summed E-state index contributed by atoms with van der Waals surface area (Å²) >= 11 is 3.91. The number of rotatable bonds is 8. The van der Waals surface area contributed by atoms with Crippen LogP contribution in [-0.2, 0) is 16.0 Å². The quantitative estimate of drug-likeness (QED) is 0.428. The van der Waals surface area contributed by atoms with Gasteiger partial charge < -0.3 is 10.6 Å². The van der Waals surface area contributed by atoms with Crippen molar-refractivity contribution in [3.63, 3.8) is 0 Å². The largest absolute Gasteiger partial charge is 0.301 e. The lowest BCUT2D eigenvalue weighted by molar-refractivity contribution is -0.116. The number of hydrogen-bond acceptors (Lipinski definition) is 8. The Balaban J connectivity index is 1.41. The van der Waals surface area contributed by atoms with E-state index < -0.39 is 0 Å². The third kappa shape index (κ3) is 6.42. The molecule has 0 aliphatic carbocycles. The van der Waals surface area contributed by atoms with Gasteiger partial charge in [0, 0.05) is 11.8 Å². The monoisotopic (exact) mass is 419 g/mol. The molecule has 3 aromatic rings. The number of carbonyl (C=O) groups excluding carboxylic acids is 2. The summed E-state index contributed by atoms with van der Waals surface area (Å²) in [5.74, 6) is -0.0590. The maximum atomic E-state index is 12.0. The summed E-state index contributed by atoms with van der Waals surface area (Å²) in [6.45, 7) is 1.87. The second kappa shape index (κ2) is 9.58. The van der Waals surface area contributed by atoms with Gasteiger partial charge >= 0.3 is 0 Å². The first kappa shape index (κ1) is 19.5. The van der Waals surface area contributed by atoms with Crippen LogP contribution in [0.1, 0.15) is 17.7 Å². The number of nitrogens with one attached hydrogen (secondary N) is 2. The fourth-order valence-electron chi connectivity index (χ4n) is 2.10. The van der Waals surface area contributed by atoms with Gasteiger partial charge in [-0.15, -0.1) is 21.5 Å². The van der Waals surface area contributed by atoms with Crippen LogP contribution in [0.3, 0.4) is 0 Å². The number of aromatic nitrogens is 3. The van der Waals surface area contributed by atoms with Crippen LogP contribution in [0, 0.1) is 6.92 Å². The van der Waals surface area contributed by atoms with Gasteiger partial charge in [-0.3, -0.25) is 9.59 Å².